The number of carbonyl (C=O) groups excluding carboxylic acids is 2. The molecule has 1 aliphatic rings. The Kier molecular flexibility index (Phi) is 5.86. The van der Waals surface area contributed by atoms with Gasteiger partial charge in [0.05, 0.1) is 11.5 Å². The number of fused-ring (bicyclic) bond motifs is 1. The van der Waals surface area contributed by atoms with Gasteiger partial charge in [0, 0.05) is 17.3 Å². The maximum atomic E-state index is 12.6. The van der Waals surface area contributed by atoms with E-state index >= 15 is 0 Å². The van der Waals surface area contributed by atoms with Gasteiger partial charge in [-0.1, -0.05) is 32.0 Å². The van der Waals surface area contributed by atoms with Gasteiger partial charge in [0.1, 0.15) is 4.88 Å². The van der Waals surface area contributed by atoms with Crippen LogP contribution >= 0.6 is 11.3 Å². The average Bonchev–Trinajstić information content (AvgIpc) is 3.20. The summed E-state index contributed by atoms with van der Waals surface area (Å²) in [5.41, 5.74) is 0. The minimum absolute atomic E-state index is 0.0181. The van der Waals surface area contributed by atoms with E-state index < -0.39 is 15.8 Å². The van der Waals surface area contributed by atoms with Crippen LogP contribution < -0.4 is 0 Å². The number of benzene rings is 1. The van der Waals surface area contributed by atoms with Crippen LogP contribution in [-0.2, 0) is 19.4 Å². The normalized spacial score (nSPS) is 18.7. The van der Waals surface area contributed by atoms with E-state index in [0.717, 1.165) is 10.1 Å². The van der Waals surface area contributed by atoms with E-state index in [2.05, 4.69) is 0 Å². The first-order valence-electron chi connectivity index (χ1n) is 8.91. The predicted octanol–water partition coefficient (Wildman–Crippen LogP) is 2.73. The van der Waals surface area contributed by atoms with E-state index in [1.54, 1.807) is 11.0 Å². The molecule has 0 radical (unpaired) electrons. The van der Waals surface area contributed by atoms with Gasteiger partial charge in [-0.15, -0.1) is 11.3 Å². The molecule has 0 spiro atoms. The van der Waals surface area contributed by atoms with Gasteiger partial charge in [0.15, 0.2) is 16.4 Å². The van der Waals surface area contributed by atoms with Crippen LogP contribution in [0.25, 0.3) is 10.1 Å². The van der Waals surface area contributed by atoms with Gasteiger partial charge in [-0.25, -0.2) is 13.2 Å². The fourth-order valence-corrected chi connectivity index (χ4v) is 5.92. The number of carbonyl (C=O) groups is 2. The first-order chi connectivity index (χ1) is 12.7. The van der Waals surface area contributed by atoms with E-state index in [9.17, 15) is 18.0 Å². The lowest BCUT2D eigenvalue weighted by Gasteiger charge is -2.29. The van der Waals surface area contributed by atoms with Gasteiger partial charge >= 0.3 is 5.97 Å². The standard InChI is InChI=1S/C19H23NO5S2/c1-13(2)10-20(15-7-8-27(23,24)12-15)18(21)11-25-19(22)17-9-14-5-3-4-6-16(14)26-17/h3-6,9,13,15H,7-8,10-12H2,1-2H3/t15-/m0/s1. The van der Waals surface area contributed by atoms with E-state index in [1.165, 1.54) is 11.3 Å². The molecule has 0 bridgehead atoms. The van der Waals surface area contributed by atoms with E-state index in [1.807, 2.05) is 38.1 Å². The molecule has 1 saturated heterocycles. The van der Waals surface area contributed by atoms with Crippen LogP contribution in [0, 0.1) is 5.92 Å². The first-order valence-corrected chi connectivity index (χ1v) is 11.5. The molecule has 0 unspecified atom stereocenters. The van der Waals surface area contributed by atoms with Gasteiger partial charge < -0.3 is 9.64 Å². The Balaban J connectivity index is 1.65. The first kappa shape index (κ1) is 19.8. The smallest absolute Gasteiger partial charge is 0.348 e. The molecule has 1 aromatic carbocycles. The fraction of sp³-hybridized carbons (Fsp3) is 0.474. The molecule has 27 heavy (non-hydrogen) atoms. The van der Waals surface area contributed by atoms with Crippen LogP contribution in [0.5, 0.6) is 0 Å². The summed E-state index contributed by atoms with van der Waals surface area (Å²) < 4.78 is 29.7. The van der Waals surface area contributed by atoms with Crippen LogP contribution in [0.3, 0.4) is 0 Å². The third kappa shape index (κ3) is 4.87. The predicted molar refractivity (Wildman–Crippen MR) is 106 cm³/mol. The summed E-state index contributed by atoms with van der Waals surface area (Å²) in [7, 11) is -3.10. The zero-order chi connectivity index (χ0) is 19.6. The number of thiophene rings is 1. The highest BCUT2D eigenvalue weighted by atomic mass is 32.2. The molecule has 1 atom stereocenters. The van der Waals surface area contributed by atoms with Crippen molar-refractivity contribution >= 4 is 43.1 Å². The molecule has 1 aliphatic heterocycles. The number of sulfone groups is 1. The van der Waals surface area contributed by atoms with Crippen molar-refractivity contribution in [3.8, 4) is 0 Å². The zero-order valence-electron chi connectivity index (χ0n) is 15.4. The van der Waals surface area contributed by atoms with E-state index in [0.29, 0.717) is 17.8 Å². The fourth-order valence-electron chi connectivity index (χ4n) is 3.23. The van der Waals surface area contributed by atoms with Crippen LogP contribution in [0.2, 0.25) is 0 Å². The number of amides is 1. The average molecular weight is 410 g/mol. The molecule has 2 heterocycles. The maximum Gasteiger partial charge on any atom is 0.348 e. The Bertz CT molecular complexity index is 915. The minimum Gasteiger partial charge on any atom is -0.451 e. The third-order valence-electron chi connectivity index (χ3n) is 4.48. The molecule has 1 amide bonds. The molecule has 146 valence electrons. The molecule has 2 aromatic rings. The van der Waals surface area contributed by atoms with Crippen molar-refractivity contribution in [1.82, 2.24) is 4.90 Å². The van der Waals surface area contributed by atoms with Crippen molar-refractivity contribution in [2.45, 2.75) is 26.3 Å². The topological polar surface area (TPSA) is 80.8 Å². The number of hydrogen-bond acceptors (Lipinski definition) is 6. The van der Waals surface area contributed by atoms with Gasteiger partial charge in [0.2, 0.25) is 0 Å². The summed E-state index contributed by atoms with van der Waals surface area (Å²) in [6.45, 7) is 4.00. The molecule has 0 saturated carbocycles. The summed E-state index contributed by atoms with van der Waals surface area (Å²) in [6.07, 6.45) is 0.436. The summed E-state index contributed by atoms with van der Waals surface area (Å²) in [6, 6.07) is 9.05. The number of hydrogen-bond donors (Lipinski definition) is 0. The Hall–Kier alpha value is -1.93. The van der Waals surface area contributed by atoms with E-state index in [4.69, 9.17) is 4.74 Å². The van der Waals surface area contributed by atoms with Crippen LogP contribution in [-0.4, -0.2) is 55.9 Å². The minimum atomic E-state index is -3.10. The van der Waals surface area contributed by atoms with Crippen LogP contribution in [0.1, 0.15) is 29.9 Å². The van der Waals surface area contributed by atoms with Gasteiger partial charge in [0.25, 0.3) is 5.91 Å². The molecule has 1 aromatic heterocycles. The molecule has 6 nitrogen and oxygen atoms in total. The lowest BCUT2D eigenvalue weighted by Crippen LogP contribution is -2.45. The molecular formula is C19H23NO5S2. The Morgan fingerprint density at radius 3 is 2.67 bits per heavy atom. The Labute approximate surface area is 163 Å². The summed E-state index contributed by atoms with van der Waals surface area (Å²) in [4.78, 5) is 27.0. The zero-order valence-corrected chi connectivity index (χ0v) is 17.0. The third-order valence-corrected chi connectivity index (χ3v) is 7.33. The Morgan fingerprint density at radius 2 is 2.04 bits per heavy atom. The number of esters is 1. The molecular weight excluding hydrogens is 386 g/mol. The molecule has 1 fully saturated rings. The highest BCUT2D eigenvalue weighted by Gasteiger charge is 2.35. The van der Waals surface area contributed by atoms with Crippen molar-refractivity contribution in [2.24, 2.45) is 5.92 Å². The quantitative estimate of drug-likeness (QED) is 0.686. The second-order valence-corrected chi connectivity index (χ2v) is 10.5. The van der Waals surface area contributed by atoms with E-state index in [-0.39, 0.29) is 36.0 Å². The molecule has 0 aliphatic carbocycles. The van der Waals surface area contributed by atoms with Crippen molar-refractivity contribution in [3.63, 3.8) is 0 Å². The SMILES string of the molecule is CC(C)CN(C(=O)COC(=O)c1cc2ccccc2s1)[C@H]1CCS(=O)(=O)C1. The molecule has 3 rings (SSSR count). The summed E-state index contributed by atoms with van der Waals surface area (Å²) >= 11 is 1.32. The Morgan fingerprint density at radius 1 is 1.30 bits per heavy atom. The lowest BCUT2D eigenvalue weighted by molar-refractivity contribution is -0.137. The monoisotopic (exact) mass is 409 g/mol. The second-order valence-electron chi connectivity index (χ2n) is 7.22. The van der Waals surface area contributed by atoms with Crippen molar-refractivity contribution in [3.05, 3.63) is 35.2 Å². The maximum absolute atomic E-state index is 12.6. The van der Waals surface area contributed by atoms with Crippen molar-refractivity contribution < 1.29 is 22.7 Å². The summed E-state index contributed by atoms with van der Waals surface area (Å²) in [5, 5.41) is 0.957. The highest BCUT2D eigenvalue weighted by molar-refractivity contribution is 7.91. The van der Waals surface area contributed by atoms with Gasteiger partial charge in [-0.3, -0.25) is 4.79 Å². The van der Waals surface area contributed by atoms with Gasteiger partial charge in [-0.05, 0) is 29.9 Å². The van der Waals surface area contributed by atoms with Gasteiger partial charge in [-0.2, -0.15) is 0 Å². The van der Waals surface area contributed by atoms with Crippen LogP contribution in [0.15, 0.2) is 30.3 Å². The highest BCUT2D eigenvalue weighted by Crippen LogP contribution is 2.26. The van der Waals surface area contributed by atoms with Crippen LogP contribution in [0.4, 0.5) is 0 Å². The number of nitrogens with zero attached hydrogens (tertiary/aromatic N) is 1. The lowest BCUT2D eigenvalue weighted by atomic mass is 10.1. The molecule has 0 N–H and O–H groups in total. The second kappa shape index (κ2) is 7.98. The molecule has 8 heteroatoms. The number of ether oxygens (including phenoxy) is 1. The van der Waals surface area contributed by atoms with Crippen molar-refractivity contribution in [2.75, 3.05) is 24.7 Å². The van der Waals surface area contributed by atoms with Crippen molar-refractivity contribution in [1.29, 1.82) is 0 Å². The summed E-state index contributed by atoms with van der Waals surface area (Å²) in [5.74, 6) is -0.611. The number of rotatable bonds is 6. The largest absolute Gasteiger partial charge is 0.451 e.